The molecule has 1 rings (SSSR count). The Hall–Kier alpha value is -0.580. The third kappa shape index (κ3) is 2.39. The van der Waals surface area contributed by atoms with Crippen LogP contribution in [0.25, 0.3) is 0 Å². The Morgan fingerprint density at radius 1 is 1.44 bits per heavy atom. The Labute approximate surface area is 102 Å². The molecule has 1 unspecified atom stereocenters. The molecule has 92 valence electrons. The first-order valence-corrected chi connectivity index (χ1v) is 6.07. The fraction of sp³-hybridized carbons (Fsp3) is 0.727. The second-order valence-corrected chi connectivity index (χ2v) is 4.22. The van der Waals surface area contributed by atoms with Gasteiger partial charge in [0.05, 0.1) is 11.7 Å². The van der Waals surface area contributed by atoms with E-state index in [4.69, 9.17) is 17.3 Å². The summed E-state index contributed by atoms with van der Waals surface area (Å²) in [6.07, 6.45) is 0. The van der Waals surface area contributed by atoms with Gasteiger partial charge in [0.2, 0.25) is 0 Å². The van der Waals surface area contributed by atoms with Crippen molar-refractivity contribution in [2.24, 2.45) is 12.8 Å². The van der Waals surface area contributed by atoms with Crippen LogP contribution in [0.1, 0.15) is 31.4 Å². The minimum atomic E-state index is 0.113. The second kappa shape index (κ2) is 5.66. The van der Waals surface area contributed by atoms with Crippen molar-refractivity contribution in [2.45, 2.75) is 26.8 Å². The summed E-state index contributed by atoms with van der Waals surface area (Å²) in [5, 5.41) is 0.694. The third-order valence-electron chi connectivity index (χ3n) is 3.07. The lowest BCUT2D eigenvalue weighted by molar-refractivity contribution is 0.220. The van der Waals surface area contributed by atoms with E-state index in [0.717, 1.165) is 24.6 Å². The fourth-order valence-corrected chi connectivity index (χ4v) is 2.21. The Kier molecular flexibility index (Phi) is 4.77. The summed E-state index contributed by atoms with van der Waals surface area (Å²) in [5.74, 6) is 0.922. The summed E-state index contributed by atoms with van der Waals surface area (Å²) in [5.41, 5.74) is 6.73. The van der Waals surface area contributed by atoms with E-state index < -0.39 is 0 Å². The number of hydrogen-bond donors (Lipinski definition) is 1. The Morgan fingerprint density at radius 2 is 2.00 bits per heavy atom. The van der Waals surface area contributed by atoms with Crippen LogP contribution in [-0.2, 0) is 7.05 Å². The second-order valence-electron chi connectivity index (χ2n) is 3.87. The van der Waals surface area contributed by atoms with Crippen molar-refractivity contribution in [2.75, 3.05) is 19.6 Å². The quantitative estimate of drug-likeness (QED) is 0.858. The Bertz CT molecular complexity index is 344. The summed E-state index contributed by atoms with van der Waals surface area (Å²) < 4.78 is 1.89. The summed E-state index contributed by atoms with van der Waals surface area (Å²) in [7, 11) is 1.92. The highest BCUT2D eigenvalue weighted by atomic mass is 35.5. The molecule has 1 aromatic heterocycles. The maximum absolute atomic E-state index is 6.26. The molecule has 0 aliphatic carbocycles. The molecule has 0 saturated carbocycles. The van der Waals surface area contributed by atoms with Crippen molar-refractivity contribution < 1.29 is 0 Å². The number of likely N-dealkylation sites (N-methyl/N-ethyl adjacent to an activating group) is 1. The number of nitrogens with two attached hydrogens (primary N) is 1. The molecule has 0 aromatic carbocycles. The number of halogens is 1. The lowest BCUT2D eigenvalue weighted by Crippen LogP contribution is -2.34. The first-order chi connectivity index (χ1) is 7.56. The number of aryl methyl sites for hydroxylation is 1. The van der Waals surface area contributed by atoms with Gasteiger partial charge in [-0.15, -0.1) is 0 Å². The zero-order chi connectivity index (χ0) is 12.3. The van der Waals surface area contributed by atoms with Crippen LogP contribution in [0.4, 0.5) is 0 Å². The molecule has 0 aliphatic heterocycles. The predicted molar refractivity (Wildman–Crippen MR) is 67.7 cm³/mol. The van der Waals surface area contributed by atoms with Crippen molar-refractivity contribution in [1.82, 2.24) is 14.5 Å². The highest BCUT2D eigenvalue weighted by molar-refractivity contribution is 6.30. The normalized spacial score (nSPS) is 13.4. The lowest BCUT2D eigenvalue weighted by Gasteiger charge is -2.27. The summed E-state index contributed by atoms with van der Waals surface area (Å²) in [4.78, 5) is 6.78. The van der Waals surface area contributed by atoms with Gasteiger partial charge in [0.1, 0.15) is 11.0 Å². The van der Waals surface area contributed by atoms with E-state index in [-0.39, 0.29) is 6.04 Å². The van der Waals surface area contributed by atoms with E-state index in [0.29, 0.717) is 11.7 Å². The largest absolute Gasteiger partial charge is 0.329 e. The zero-order valence-electron chi connectivity index (χ0n) is 10.5. The third-order valence-corrected chi connectivity index (χ3v) is 3.51. The van der Waals surface area contributed by atoms with E-state index in [2.05, 4.69) is 23.7 Å². The Balaban J connectivity index is 3.08. The number of rotatable bonds is 5. The molecule has 1 atom stereocenters. The summed E-state index contributed by atoms with van der Waals surface area (Å²) >= 11 is 6.26. The van der Waals surface area contributed by atoms with E-state index in [1.54, 1.807) is 0 Å². The predicted octanol–water partition coefficient (Wildman–Crippen LogP) is 1.72. The van der Waals surface area contributed by atoms with Crippen molar-refractivity contribution in [1.29, 1.82) is 0 Å². The molecule has 1 aromatic rings. The molecule has 1 heterocycles. The first-order valence-electron chi connectivity index (χ1n) is 5.69. The molecule has 2 N–H and O–H groups in total. The summed E-state index contributed by atoms with van der Waals surface area (Å²) in [6.45, 7) is 8.63. The van der Waals surface area contributed by atoms with Crippen LogP contribution >= 0.6 is 11.6 Å². The van der Waals surface area contributed by atoms with Gasteiger partial charge in [-0.2, -0.15) is 0 Å². The van der Waals surface area contributed by atoms with E-state index >= 15 is 0 Å². The molecular weight excluding hydrogens is 224 g/mol. The van der Waals surface area contributed by atoms with Gasteiger partial charge in [0.25, 0.3) is 0 Å². The molecule has 16 heavy (non-hydrogen) atoms. The molecule has 5 heteroatoms. The van der Waals surface area contributed by atoms with Crippen LogP contribution in [0.5, 0.6) is 0 Å². The first kappa shape index (κ1) is 13.5. The van der Waals surface area contributed by atoms with Gasteiger partial charge in [-0.25, -0.2) is 4.98 Å². The molecule has 0 radical (unpaired) electrons. The van der Waals surface area contributed by atoms with E-state index in [1.807, 2.05) is 18.5 Å². The minimum Gasteiger partial charge on any atom is -0.329 e. The number of imidazole rings is 1. The van der Waals surface area contributed by atoms with Gasteiger partial charge < -0.3 is 10.3 Å². The van der Waals surface area contributed by atoms with Gasteiger partial charge in [-0.1, -0.05) is 25.4 Å². The Morgan fingerprint density at radius 3 is 2.31 bits per heavy atom. The van der Waals surface area contributed by atoms with Crippen molar-refractivity contribution in [3.63, 3.8) is 0 Å². The molecule has 0 bridgehead atoms. The fourth-order valence-electron chi connectivity index (χ4n) is 1.92. The minimum absolute atomic E-state index is 0.113. The average molecular weight is 245 g/mol. The topological polar surface area (TPSA) is 47.1 Å². The van der Waals surface area contributed by atoms with Crippen LogP contribution in [0.2, 0.25) is 5.15 Å². The number of hydrogen-bond acceptors (Lipinski definition) is 3. The van der Waals surface area contributed by atoms with Crippen LogP contribution in [0, 0.1) is 6.92 Å². The van der Waals surface area contributed by atoms with Gasteiger partial charge in [-0.3, -0.25) is 4.90 Å². The molecule has 0 aliphatic rings. The van der Waals surface area contributed by atoms with Crippen LogP contribution < -0.4 is 5.73 Å². The van der Waals surface area contributed by atoms with E-state index in [9.17, 15) is 0 Å². The van der Waals surface area contributed by atoms with Crippen LogP contribution in [0.3, 0.4) is 0 Å². The van der Waals surface area contributed by atoms with Gasteiger partial charge >= 0.3 is 0 Å². The monoisotopic (exact) mass is 244 g/mol. The lowest BCUT2D eigenvalue weighted by atomic mass is 10.2. The van der Waals surface area contributed by atoms with Gasteiger partial charge in [0, 0.05) is 13.6 Å². The molecule has 4 nitrogen and oxygen atoms in total. The molecule has 0 fully saturated rings. The van der Waals surface area contributed by atoms with Crippen LogP contribution in [-0.4, -0.2) is 34.1 Å². The summed E-state index contributed by atoms with van der Waals surface area (Å²) in [6, 6.07) is 0.113. The highest BCUT2D eigenvalue weighted by Gasteiger charge is 2.23. The van der Waals surface area contributed by atoms with Crippen molar-refractivity contribution >= 4 is 11.6 Å². The zero-order valence-corrected chi connectivity index (χ0v) is 11.3. The molecule has 0 spiro atoms. The highest BCUT2D eigenvalue weighted by Crippen LogP contribution is 2.26. The van der Waals surface area contributed by atoms with Gasteiger partial charge in [-0.05, 0) is 20.0 Å². The SMILES string of the molecule is CCN(CC)C(CN)c1nc(C)n(C)c1Cl. The van der Waals surface area contributed by atoms with Gasteiger partial charge in [0.15, 0.2) is 0 Å². The molecule has 0 saturated heterocycles. The smallest absolute Gasteiger partial charge is 0.133 e. The maximum atomic E-state index is 6.26. The average Bonchev–Trinajstić information content (AvgIpc) is 2.53. The van der Waals surface area contributed by atoms with Crippen molar-refractivity contribution in [3.05, 3.63) is 16.7 Å². The standard InChI is InChI=1S/C11H21ClN4/c1-5-16(6-2)9(7-13)10-11(12)15(4)8(3)14-10/h9H,5-7,13H2,1-4H3. The van der Waals surface area contributed by atoms with Crippen molar-refractivity contribution in [3.8, 4) is 0 Å². The number of nitrogens with zero attached hydrogens (tertiary/aromatic N) is 3. The molecular formula is C11H21ClN4. The van der Waals surface area contributed by atoms with E-state index in [1.165, 1.54) is 0 Å². The maximum Gasteiger partial charge on any atom is 0.133 e. The number of aromatic nitrogens is 2. The molecule has 0 amide bonds. The van der Waals surface area contributed by atoms with Crippen LogP contribution in [0.15, 0.2) is 0 Å².